The Hall–Kier alpha value is -2.13. The standard InChI is InChI=1S/C8H5F5N2O3/c9-6(10)3-4(14)2(18-8(11,12)13)1-15-5(3)7(16)17/h1,6H,(H2,14,15)(H,16,17). The zero-order chi connectivity index (χ0) is 14.1. The van der Waals surface area contributed by atoms with Gasteiger partial charge in [0.25, 0.3) is 6.43 Å². The Labute approximate surface area is 96.0 Å². The van der Waals surface area contributed by atoms with Gasteiger partial charge in [0, 0.05) is 0 Å². The van der Waals surface area contributed by atoms with Gasteiger partial charge in [-0.3, -0.25) is 0 Å². The van der Waals surface area contributed by atoms with E-state index < -0.39 is 41.5 Å². The number of aromatic carboxylic acids is 1. The van der Waals surface area contributed by atoms with Gasteiger partial charge in [-0.25, -0.2) is 18.6 Å². The molecule has 0 aromatic carbocycles. The second-order valence-corrected chi connectivity index (χ2v) is 2.95. The molecule has 0 bridgehead atoms. The average Bonchev–Trinajstić information content (AvgIpc) is 2.17. The molecule has 0 radical (unpaired) electrons. The lowest BCUT2D eigenvalue weighted by Gasteiger charge is -2.14. The number of alkyl halides is 5. The number of ether oxygens (including phenoxy) is 1. The first-order chi connectivity index (χ1) is 8.13. The van der Waals surface area contributed by atoms with Gasteiger partial charge >= 0.3 is 12.3 Å². The first-order valence-electron chi connectivity index (χ1n) is 4.19. The van der Waals surface area contributed by atoms with Gasteiger partial charge in [-0.05, 0) is 0 Å². The van der Waals surface area contributed by atoms with Crippen molar-refractivity contribution in [2.75, 3.05) is 5.73 Å². The molecular weight excluding hydrogens is 267 g/mol. The van der Waals surface area contributed by atoms with Crippen molar-refractivity contribution in [2.24, 2.45) is 0 Å². The Morgan fingerprint density at radius 2 is 2.00 bits per heavy atom. The van der Waals surface area contributed by atoms with Crippen molar-refractivity contribution in [1.82, 2.24) is 4.98 Å². The lowest BCUT2D eigenvalue weighted by Crippen LogP contribution is -2.20. The van der Waals surface area contributed by atoms with E-state index in [0.29, 0.717) is 6.20 Å². The highest BCUT2D eigenvalue weighted by molar-refractivity contribution is 5.89. The lowest BCUT2D eigenvalue weighted by molar-refractivity contribution is -0.274. The highest BCUT2D eigenvalue weighted by atomic mass is 19.4. The molecule has 1 aromatic rings. The molecule has 0 fully saturated rings. The van der Waals surface area contributed by atoms with E-state index in [4.69, 9.17) is 10.8 Å². The van der Waals surface area contributed by atoms with Gasteiger partial charge in [0.05, 0.1) is 17.4 Å². The van der Waals surface area contributed by atoms with Crippen molar-refractivity contribution >= 4 is 11.7 Å². The number of nitrogen functional groups attached to an aromatic ring is 1. The number of carbonyl (C=O) groups is 1. The fraction of sp³-hybridized carbons (Fsp3) is 0.250. The summed E-state index contributed by atoms with van der Waals surface area (Å²) in [5.41, 5.74) is 1.46. The SMILES string of the molecule is Nc1c(OC(F)(F)F)cnc(C(=O)O)c1C(F)F. The Morgan fingerprint density at radius 3 is 2.39 bits per heavy atom. The number of hydrogen-bond acceptors (Lipinski definition) is 4. The number of anilines is 1. The molecule has 0 aliphatic heterocycles. The van der Waals surface area contributed by atoms with E-state index in [9.17, 15) is 26.7 Å². The number of aromatic nitrogens is 1. The van der Waals surface area contributed by atoms with Crippen LogP contribution in [0.15, 0.2) is 6.20 Å². The molecule has 1 heterocycles. The summed E-state index contributed by atoms with van der Waals surface area (Å²) in [5.74, 6) is -3.02. The number of carboxylic acids is 1. The highest BCUT2D eigenvalue weighted by Gasteiger charge is 2.34. The third-order valence-corrected chi connectivity index (χ3v) is 1.77. The molecule has 0 atom stereocenters. The molecule has 0 saturated carbocycles. The first-order valence-corrected chi connectivity index (χ1v) is 4.19. The van der Waals surface area contributed by atoms with E-state index in [1.807, 2.05) is 0 Å². The van der Waals surface area contributed by atoms with E-state index >= 15 is 0 Å². The molecule has 0 spiro atoms. The van der Waals surface area contributed by atoms with Crippen molar-refractivity contribution in [3.63, 3.8) is 0 Å². The van der Waals surface area contributed by atoms with Gasteiger partial charge in [0.2, 0.25) is 0 Å². The van der Waals surface area contributed by atoms with Crippen LogP contribution in [0.4, 0.5) is 27.6 Å². The summed E-state index contributed by atoms with van der Waals surface area (Å²) in [6, 6.07) is 0. The third kappa shape index (κ3) is 2.96. The molecule has 5 nitrogen and oxygen atoms in total. The topological polar surface area (TPSA) is 85.4 Å². The fourth-order valence-corrected chi connectivity index (χ4v) is 1.12. The zero-order valence-electron chi connectivity index (χ0n) is 8.33. The molecule has 0 aliphatic carbocycles. The fourth-order valence-electron chi connectivity index (χ4n) is 1.12. The maximum absolute atomic E-state index is 12.5. The van der Waals surface area contributed by atoms with Crippen LogP contribution in [0, 0.1) is 0 Å². The van der Waals surface area contributed by atoms with Gasteiger partial charge in [-0.2, -0.15) is 0 Å². The van der Waals surface area contributed by atoms with Gasteiger partial charge in [-0.1, -0.05) is 0 Å². The smallest absolute Gasteiger partial charge is 0.476 e. The molecule has 1 rings (SSSR count). The Morgan fingerprint density at radius 1 is 1.44 bits per heavy atom. The van der Waals surface area contributed by atoms with E-state index in [2.05, 4.69) is 9.72 Å². The van der Waals surface area contributed by atoms with Crippen molar-refractivity contribution in [3.8, 4) is 5.75 Å². The van der Waals surface area contributed by atoms with Crippen LogP contribution in [0.1, 0.15) is 22.5 Å². The van der Waals surface area contributed by atoms with Crippen LogP contribution in [0.2, 0.25) is 0 Å². The van der Waals surface area contributed by atoms with E-state index in [1.54, 1.807) is 0 Å². The van der Waals surface area contributed by atoms with Crippen molar-refractivity contribution < 1.29 is 36.6 Å². The minimum absolute atomic E-state index is 0.318. The molecule has 0 amide bonds. The first kappa shape index (κ1) is 13.9. The van der Waals surface area contributed by atoms with Crippen LogP contribution in [-0.2, 0) is 0 Å². The number of pyridine rings is 1. The van der Waals surface area contributed by atoms with E-state index in [0.717, 1.165) is 0 Å². The lowest BCUT2D eigenvalue weighted by atomic mass is 10.1. The van der Waals surface area contributed by atoms with Crippen LogP contribution in [0.25, 0.3) is 0 Å². The summed E-state index contributed by atoms with van der Waals surface area (Å²) < 4.78 is 64.1. The molecule has 1 aromatic heterocycles. The Kier molecular flexibility index (Phi) is 3.58. The minimum atomic E-state index is -5.15. The molecular formula is C8H5F5N2O3. The summed E-state index contributed by atoms with van der Waals surface area (Å²) in [6.07, 6.45) is -8.24. The van der Waals surface area contributed by atoms with Crippen LogP contribution in [0.5, 0.6) is 5.75 Å². The summed E-state index contributed by atoms with van der Waals surface area (Å²) in [5, 5.41) is 8.55. The summed E-state index contributed by atoms with van der Waals surface area (Å²) in [6.45, 7) is 0. The molecule has 10 heteroatoms. The van der Waals surface area contributed by atoms with Gasteiger partial charge in [0.15, 0.2) is 11.4 Å². The monoisotopic (exact) mass is 272 g/mol. The van der Waals surface area contributed by atoms with Crippen LogP contribution in [-0.4, -0.2) is 22.4 Å². The van der Waals surface area contributed by atoms with Crippen molar-refractivity contribution in [3.05, 3.63) is 17.5 Å². The Balaban J connectivity index is 3.35. The van der Waals surface area contributed by atoms with E-state index in [-0.39, 0.29) is 0 Å². The second-order valence-electron chi connectivity index (χ2n) is 2.95. The predicted octanol–water partition coefficient (Wildman–Crippen LogP) is 2.20. The van der Waals surface area contributed by atoms with Crippen molar-refractivity contribution in [1.29, 1.82) is 0 Å². The summed E-state index contributed by atoms with van der Waals surface area (Å²) in [4.78, 5) is 13.5. The number of halogens is 5. The third-order valence-electron chi connectivity index (χ3n) is 1.77. The summed E-state index contributed by atoms with van der Waals surface area (Å²) >= 11 is 0. The van der Waals surface area contributed by atoms with Crippen LogP contribution < -0.4 is 10.5 Å². The minimum Gasteiger partial charge on any atom is -0.476 e. The van der Waals surface area contributed by atoms with Crippen LogP contribution in [0.3, 0.4) is 0 Å². The maximum atomic E-state index is 12.5. The zero-order valence-corrected chi connectivity index (χ0v) is 8.33. The van der Waals surface area contributed by atoms with Crippen molar-refractivity contribution in [2.45, 2.75) is 12.8 Å². The molecule has 3 N–H and O–H groups in total. The second kappa shape index (κ2) is 4.63. The van der Waals surface area contributed by atoms with Gasteiger partial charge < -0.3 is 15.6 Å². The quantitative estimate of drug-likeness (QED) is 0.824. The molecule has 18 heavy (non-hydrogen) atoms. The average molecular weight is 272 g/mol. The number of carboxylic acid groups (broad SMARTS) is 1. The maximum Gasteiger partial charge on any atom is 0.573 e. The summed E-state index contributed by atoms with van der Waals surface area (Å²) in [7, 11) is 0. The van der Waals surface area contributed by atoms with Crippen LogP contribution >= 0.6 is 0 Å². The molecule has 0 unspecified atom stereocenters. The molecule has 0 aliphatic rings. The normalized spacial score (nSPS) is 11.7. The highest BCUT2D eigenvalue weighted by Crippen LogP contribution is 2.36. The molecule has 0 saturated heterocycles. The van der Waals surface area contributed by atoms with Gasteiger partial charge in [0.1, 0.15) is 0 Å². The number of nitrogens with zero attached hydrogens (tertiary/aromatic N) is 1. The van der Waals surface area contributed by atoms with Gasteiger partial charge in [-0.15, -0.1) is 13.2 Å². The number of nitrogens with two attached hydrogens (primary N) is 1. The molecule has 100 valence electrons. The number of rotatable bonds is 3. The Bertz CT molecular complexity index is 475. The number of hydrogen-bond donors (Lipinski definition) is 2. The largest absolute Gasteiger partial charge is 0.573 e. The predicted molar refractivity (Wildman–Crippen MR) is 47.2 cm³/mol. The van der Waals surface area contributed by atoms with E-state index in [1.165, 1.54) is 0 Å².